The molecule has 3 aromatic heterocycles. The molecule has 0 unspecified atom stereocenters. The summed E-state index contributed by atoms with van der Waals surface area (Å²) >= 11 is 0. The molecule has 142 valence electrons. The van der Waals surface area contributed by atoms with Crippen LogP contribution in [0.15, 0.2) is 53.9 Å². The van der Waals surface area contributed by atoms with Gasteiger partial charge in [-0.15, -0.1) is 0 Å². The predicted octanol–water partition coefficient (Wildman–Crippen LogP) is 2.68. The largest absolute Gasteiger partial charge is 0.495 e. The van der Waals surface area contributed by atoms with Gasteiger partial charge in [0.15, 0.2) is 5.82 Å². The highest BCUT2D eigenvalue weighted by Gasteiger charge is 2.16. The second-order valence-corrected chi connectivity index (χ2v) is 5.28. The van der Waals surface area contributed by atoms with E-state index >= 15 is 0 Å². The predicted molar refractivity (Wildman–Crippen MR) is 99.6 cm³/mol. The zero-order valence-corrected chi connectivity index (χ0v) is 14.7. The highest BCUT2D eigenvalue weighted by molar-refractivity contribution is 6.07. The molecule has 9 nitrogen and oxygen atoms in total. The van der Waals surface area contributed by atoms with Crippen LogP contribution >= 0.6 is 0 Å². The van der Waals surface area contributed by atoms with Crippen molar-refractivity contribution in [3.8, 4) is 17.2 Å². The Morgan fingerprint density at radius 1 is 1.21 bits per heavy atom. The van der Waals surface area contributed by atoms with Crippen LogP contribution in [0.25, 0.3) is 0 Å². The van der Waals surface area contributed by atoms with E-state index in [-0.39, 0.29) is 22.9 Å². The standard InChI is InChI=1S/C18H15FN6O3/c1-27-11-5-12(8-21-7-11)28-13-6-14(17(22-9-13)23-10-20)18(26)25-16-4-2-3-15(19)24-16/h2-10H,1H3,(H2,20,22,23)(H,24,25,26). The molecule has 0 saturated carbocycles. The van der Waals surface area contributed by atoms with E-state index in [0.29, 0.717) is 11.5 Å². The number of hydrogen-bond acceptors (Lipinski definition) is 7. The van der Waals surface area contributed by atoms with Crippen LogP contribution in [0.1, 0.15) is 10.4 Å². The first kappa shape index (κ1) is 18.7. The highest BCUT2D eigenvalue weighted by atomic mass is 19.1. The number of hydrogen-bond donors (Lipinski definition) is 2. The lowest BCUT2D eigenvalue weighted by Crippen LogP contribution is -2.14. The van der Waals surface area contributed by atoms with Gasteiger partial charge in [0.2, 0.25) is 5.95 Å². The number of nitrogens with one attached hydrogen (secondary N) is 1. The van der Waals surface area contributed by atoms with E-state index in [4.69, 9.17) is 15.2 Å². The Hall–Kier alpha value is -4.08. The summed E-state index contributed by atoms with van der Waals surface area (Å²) in [6.07, 6.45) is 5.38. The molecule has 3 N–H and O–H groups in total. The fourth-order valence-electron chi connectivity index (χ4n) is 2.20. The van der Waals surface area contributed by atoms with Gasteiger partial charge in [0, 0.05) is 6.07 Å². The van der Waals surface area contributed by atoms with Gasteiger partial charge in [-0.1, -0.05) is 6.07 Å². The number of rotatable bonds is 6. The molecular formula is C18H15FN6O3. The minimum Gasteiger partial charge on any atom is -0.495 e. The van der Waals surface area contributed by atoms with Gasteiger partial charge >= 0.3 is 0 Å². The number of halogens is 1. The monoisotopic (exact) mass is 382 g/mol. The lowest BCUT2D eigenvalue weighted by atomic mass is 10.2. The van der Waals surface area contributed by atoms with E-state index in [1.165, 1.54) is 43.9 Å². The maximum Gasteiger partial charge on any atom is 0.260 e. The molecule has 0 saturated heterocycles. The van der Waals surface area contributed by atoms with Gasteiger partial charge in [-0.25, -0.2) is 15.0 Å². The van der Waals surface area contributed by atoms with Gasteiger partial charge in [-0.2, -0.15) is 4.39 Å². The first-order valence-corrected chi connectivity index (χ1v) is 7.94. The lowest BCUT2D eigenvalue weighted by Gasteiger charge is -2.10. The highest BCUT2D eigenvalue weighted by Crippen LogP contribution is 2.27. The van der Waals surface area contributed by atoms with Crippen LogP contribution in [-0.2, 0) is 0 Å². The molecule has 3 aromatic rings. The van der Waals surface area contributed by atoms with Crippen molar-refractivity contribution in [2.45, 2.75) is 0 Å². The summed E-state index contributed by atoms with van der Waals surface area (Å²) in [5.41, 5.74) is 5.37. The van der Waals surface area contributed by atoms with E-state index in [2.05, 4.69) is 25.3 Å². The molecular weight excluding hydrogens is 367 g/mol. The average Bonchev–Trinajstić information content (AvgIpc) is 2.69. The van der Waals surface area contributed by atoms with Crippen LogP contribution in [0.3, 0.4) is 0 Å². The van der Waals surface area contributed by atoms with Crippen molar-refractivity contribution in [1.29, 1.82) is 0 Å². The van der Waals surface area contributed by atoms with Crippen LogP contribution in [-0.4, -0.2) is 34.3 Å². The van der Waals surface area contributed by atoms with Crippen LogP contribution < -0.4 is 20.5 Å². The number of carbonyl (C=O) groups excluding carboxylic acids is 1. The lowest BCUT2D eigenvalue weighted by molar-refractivity contribution is 0.102. The maximum absolute atomic E-state index is 13.2. The number of pyridine rings is 3. The van der Waals surface area contributed by atoms with Crippen LogP contribution in [0.2, 0.25) is 0 Å². The first-order chi connectivity index (χ1) is 13.6. The SMILES string of the molecule is COc1cncc(Oc2cnc(/N=C\N)c(C(=O)Nc3cccc(F)n3)c2)c1. The van der Waals surface area contributed by atoms with Gasteiger partial charge in [-0.05, 0) is 18.2 Å². The molecule has 3 heterocycles. The molecule has 0 aliphatic carbocycles. The Labute approximate surface area is 159 Å². The third kappa shape index (κ3) is 4.55. The third-order valence-corrected chi connectivity index (χ3v) is 3.40. The van der Waals surface area contributed by atoms with Crippen LogP contribution in [0.5, 0.6) is 17.2 Å². The van der Waals surface area contributed by atoms with E-state index < -0.39 is 11.9 Å². The second kappa shape index (κ2) is 8.54. The third-order valence-electron chi connectivity index (χ3n) is 3.40. The molecule has 3 rings (SSSR count). The molecule has 0 atom stereocenters. The van der Waals surface area contributed by atoms with Crippen molar-refractivity contribution >= 4 is 23.9 Å². The molecule has 0 radical (unpaired) electrons. The zero-order valence-electron chi connectivity index (χ0n) is 14.7. The number of carbonyl (C=O) groups is 1. The fraction of sp³-hybridized carbons (Fsp3) is 0.0556. The number of aromatic nitrogens is 3. The first-order valence-electron chi connectivity index (χ1n) is 7.94. The Morgan fingerprint density at radius 3 is 2.75 bits per heavy atom. The molecule has 0 aliphatic rings. The molecule has 28 heavy (non-hydrogen) atoms. The topological polar surface area (TPSA) is 125 Å². The number of methoxy groups -OCH3 is 1. The van der Waals surface area contributed by atoms with Gasteiger partial charge in [0.25, 0.3) is 5.91 Å². The van der Waals surface area contributed by atoms with E-state index in [0.717, 1.165) is 12.4 Å². The Kier molecular flexibility index (Phi) is 5.70. The van der Waals surface area contributed by atoms with E-state index in [9.17, 15) is 9.18 Å². The zero-order chi connectivity index (χ0) is 19.9. The molecule has 1 amide bonds. The molecule has 0 bridgehead atoms. The Morgan fingerprint density at radius 2 is 2.00 bits per heavy atom. The van der Waals surface area contributed by atoms with Crippen molar-refractivity contribution in [2.24, 2.45) is 10.7 Å². The summed E-state index contributed by atoms with van der Waals surface area (Å²) in [5, 5.41) is 2.47. The van der Waals surface area contributed by atoms with Crippen LogP contribution in [0.4, 0.5) is 16.0 Å². The smallest absolute Gasteiger partial charge is 0.260 e. The maximum atomic E-state index is 13.2. The van der Waals surface area contributed by atoms with Crippen molar-refractivity contribution in [3.05, 3.63) is 60.4 Å². The van der Waals surface area contributed by atoms with E-state index in [1.807, 2.05) is 0 Å². The fourth-order valence-corrected chi connectivity index (χ4v) is 2.20. The normalized spacial score (nSPS) is 10.6. The second-order valence-electron chi connectivity index (χ2n) is 5.28. The summed E-state index contributed by atoms with van der Waals surface area (Å²) < 4.78 is 24.0. The Bertz CT molecular complexity index is 1030. The summed E-state index contributed by atoms with van der Waals surface area (Å²) in [6.45, 7) is 0. The quantitative estimate of drug-likeness (QED) is 0.381. The number of aliphatic imine (C=N–C) groups is 1. The number of ether oxygens (including phenoxy) is 2. The summed E-state index contributed by atoms with van der Waals surface area (Å²) in [7, 11) is 1.50. The van der Waals surface area contributed by atoms with Crippen molar-refractivity contribution < 1.29 is 18.7 Å². The van der Waals surface area contributed by atoms with Crippen molar-refractivity contribution in [2.75, 3.05) is 12.4 Å². The number of anilines is 1. The van der Waals surface area contributed by atoms with Gasteiger partial charge in [0.05, 0.1) is 37.6 Å². The van der Waals surface area contributed by atoms with Gasteiger partial charge < -0.3 is 20.5 Å². The number of amides is 1. The van der Waals surface area contributed by atoms with E-state index in [1.54, 1.807) is 6.07 Å². The average molecular weight is 382 g/mol. The van der Waals surface area contributed by atoms with Crippen LogP contribution in [0, 0.1) is 5.95 Å². The summed E-state index contributed by atoms with van der Waals surface area (Å²) in [4.78, 5) is 28.1. The minimum atomic E-state index is -0.723. The molecule has 10 heteroatoms. The Balaban J connectivity index is 1.89. The van der Waals surface area contributed by atoms with Crippen molar-refractivity contribution in [3.63, 3.8) is 0 Å². The summed E-state index contributed by atoms with van der Waals surface area (Å²) in [5.74, 6) is -0.0922. The minimum absolute atomic E-state index is 0.0380. The number of nitrogens with zero attached hydrogens (tertiary/aromatic N) is 4. The molecule has 0 aliphatic heterocycles. The van der Waals surface area contributed by atoms with Crippen molar-refractivity contribution in [1.82, 2.24) is 15.0 Å². The van der Waals surface area contributed by atoms with Gasteiger partial charge in [-0.3, -0.25) is 9.78 Å². The number of nitrogens with two attached hydrogens (primary N) is 1. The molecule has 0 spiro atoms. The molecule has 0 aromatic carbocycles. The summed E-state index contributed by atoms with van der Waals surface area (Å²) in [6, 6.07) is 7.07. The molecule has 0 fully saturated rings. The van der Waals surface area contributed by atoms with Gasteiger partial charge in [0.1, 0.15) is 23.1 Å².